The van der Waals surface area contributed by atoms with Gasteiger partial charge in [0.05, 0.1) is 23.1 Å². The van der Waals surface area contributed by atoms with Gasteiger partial charge in [-0.05, 0) is 71.0 Å². The summed E-state index contributed by atoms with van der Waals surface area (Å²) in [7, 11) is 0. The summed E-state index contributed by atoms with van der Waals surface area (Å²) in [5.74, 6) is 0.206. The lowest BCUT2D eigenvalue weighted by Gasteiger charge is -2.33. The molecule has 3 heteroatoms. The summed E-state index contributed by atoms with van der Waals surface area (Å²) in [6.45, 7) is 22.5. The van der Waals surface area contributed by atoms with Crippen molar-refractivity contribution in [3.05, 3.63) is 151 Å². The SMILES string of the molecule is C=CC1=NC(C(=C)CNc2c(Nc3ccc(C(C)(C)C)cc3)ccc3ccccc23)C(CCC(=C)/C=C\CC)c2ccccc21. The molecule has 3 nitrogen and oxygen atoms in total. The van der Waals surface area contributed by atoms with E-state index in [9.17, 15) is 0 Å². The predicted octanol–water partition coefficient (Wildman–Crippen LogP) is 11.3. The maximum absolute atomic E-state index is 5.25. The van der Waals surface area contributed by atoms with Crippen LogP contribution in [-0.2, 0) is 5.41 Å². The second kappa shape index (κ2) is 14.0. The number of nitrogens with one attached hydrogen (secondary N) is 2. The fraction of sp³-hybridized carbons (Fsp3) is 0.262. The lowest BCUT2D eigenvalue weighted by molar-refractivity contribution is 0.540. The highest BCUT2D eigenvalue weighted by atomic mass is 15.0. The van der Waals surface area contributed by atoms with E-state index in [0.29, 0.717) is 6.54 Å². The Hall–Kier alpha value is -4.63. The number of rotatable bonds is 12. The Morgan fingerprint density at radius 1 is 0.911 bits per heavy atom. The molecule has 2 N–H and O–H groups in total. The number of allylic oxidation sites excluding steroid dienone is 4. The molecule has 230 valence electrons. The zero-order valence-electron chi connectivity index (χ0n) is 27.4. The first-order chi connectivity index (χ1) is 21.7. The standard InChI is InChI=1S/C42H47N3/c1-8-10-15-29(3)20-26-37-35-18-13-14-19-36(35)38(9-2)45-40(37)30(4)28-43-41-34-17-12-11-16-31(34)21-27-39(41)44-33-24-22-32(23-25-33)42(5,6)7/h9-19,21-25,27,37,40,43-44H,2-4,8,20,26,28H2,1,5-7H3/b15-10-. The van der Waals surface area contributed by atoms with Crippen LogP contribution < -0.4 is 10.6 Å². The summed E-state index contributed by atoms with van der Waals surface area (Å²) in [5.41, 5.74) is 10.2. The van der Waals surface area contributed by atoms with E-state index in [1.807, 2.05) is 6.08 Å². The van der Waals surface area contributed by atoms with Crippen LogP contribution in [0, 0.1) is 0 Å². The van der Waals surface area contributed by atoms with E-state index in [1.54, 1.807) is 0 Å². The molecule has 0 spiro atoms. The largest absolute Gasteiger partial charge is 0.379 e. The van der Waals surface area contributed by atoms with Gasteiger partial charge in [-0.1, -0.05) is 132 Å². The van der Waals surface area contributed by atoms with Gasteiger partial charge in [0, 0.05) is 29.1 Å². The van der Waals surface area contributed by atoms with Crippen LogP contribution in [0.1, 0.15) is 69.6 Å². The number of aliphatic imine (C=N–C) groups is 1. The van der Waals surface area contributed by atoms with Crippen LogP contribution in [0.15, 0.2) is 139 Å². The van der Waals surface area contributed by atoms with Crippen LogP contribution >= 0.6 is 0 Å². The molecule has 1 heterocycles. The molecule has 4 aromatic rings. The van der Waals surface area contributed by atoms with Crippen molar-refractivity contribution in [1.82, 2.24) is 0 Å². The van der Waals surface area contributed by atoms with E-state index in [2.05, 4.69) is 155 Å². The lowest BCUT2D eigenvalue weighted by atomic mass is 9.78. The van der Waals surface area contributed by atoms with Gasteiger partial charge >= 0.3 is 0 Å². The number of hydrogen-bond donors (Lipinski definition) is 2. The molecule has 0 bridgehead atoms. The highest BCUT2D eigenvalue weighted by Crippen LogP contribution is 2.39. The molecule has 2 atom stereocenters. The first-order valence-corrected chi connectivity index (χ1v) is 16.1. The molecule has 0 saturated heterocycles. The second-order valence-electron chi connectivity index (χ2n) is 13.0. The van der Waals surface area contributed by atoms with Crippen molar-refractivity contribution in [1.29, 1.82) is 0 Å². The third-order valence-corrected chi connectivity index (χ3v) is 8.72. The zero-order valence-corrected chi connectivity index (χ0v) is 27.4. The van der Waals surface area contributed by atoms with E-state index >= 15 is 0 Å². The van der Waals surface area contributed by atoms with Crippen LogP contribution in [0.2, 0.25) is 0 Å². The summed E-state index contributed by atoms with van der Waals surface area (Å²) in [5, 5.41) is 9.84. The van der Waals surface area contributed by atoms with E-state index in [-0.39, 0.29) is 17.4 Å². The van der Waals surface area contributed by atoms with Crippen molar-refractivity contribution in [3.63, 3.8) is 0 Å². The van der Waals surface area contributed by atoms with Gasteiger partial charge in [-0.2, -0.15) is 0 Å². The third kappa shape index (κ3) is 7.37. The maximum atomic E-state index is 5.25. The Morgan fingerprint density at radius 3 is 2.38 bits per heavy atom. The van der Waals surface area contributed by atoms with Crippen molar-refractivity contribution in [2.45, 2.75) is 64.3 Å². The summed E-state index contributed by atoms with van der Waals surface area (Å²) < 4.78 is 0. The average Bonchev–Trinajstić information content (AvgIpc) is 3.05. The molecule has 0 fully saturated rings. The Kier molecular flexibility index (Phi) is 9.88. The number of fused-ring (bicyclic) bond motifs is 2. The van der Waals surface area contributed by atoms with Gasteiger partial charge in [0.2, 0.25) is 0 Å². The first-order valence-electron chi connectivity index (χ1n) is 16.1. The number of nitrogens with zero attached hydrogens (tertiary/aromatic N) is 1. The molecule has 0 saturated carbocycles. The fourth-order valence-electron chi connectivity index (χ4n) is 6.18. The Labute approximate surface area is 270 Å². The molecule has 0 aromatic heterocycles. The molecule has 1 aliphatic rings. The monoisotopic (exact) mass is 593 g/mol. The molecular weight excluding hydrogens is 546 g/mol. The predicted molar refractivity (Wildman–Crippen MR) is 198 cm³/mol. The van der Waals surface area contributed by atoms with E-state index in [4.69, 9.17) is 4.99 Å². The van der Waals surface area contributed by atoms with Crippen LogP contribution in [0.4, 0.5) is 17.1 Å². The molecule has 0 radical (unpaired) electrons. The molecule has 1 aliphatic heterocycles. The normalized spacial score (nSPS) is 16.2. The van der Waals surface area contributed by atoms with E-state index in [0.717, 1.165) is 53.2 Å². The maximum Gasteiger partial charge on any atom is 0.0799 e. The quantitative estimate of drug-likeness (QED) is 0.127. The van der Waals surface area contributed by atoms with Crippen LogP contribution in [0.5, 0.6) is 0 Å². The van der Waals surface area contributed by atoms with Crippen molar-refractivity contribution in [3.8, 4) is 0 Å². The van der Waals surface area contributed by atoms with Crippen molar-refractivity contribution in [2.24, 2.45) is 4.99 Å². The first kappa shape index (κ1) is 31.8. The van der Waals surface area contributed by atoms with Gasteiger partial charge in [-0.3, -0.25) is 4.99 Å². The molecular formula is C42H47N3. The van der Waals surface area contributed by atoms with Gasteiger partial charge < -0.3 is 10.6 Å². The van der Waals surface area contributed by atoms with Crippen molar-refractivity contribution in [2.75, 3.05) is 17.2 Å². The van der Waals surface area contributed by atoms with Gasteiger partial charge in [-0.15, -0.1) is 0 Å². The van der Waals surface area contributed by atoms with Crippen LogP contribution in [0.25, 0.3) is 10.8 Å². The van der Waals surface area contributed by atoms with Gasteiger partial charge in [0.15, 0.2) is 0 Å². The Morgan fingerprint density at radius 2 is 1.64 bits per heavy atom. The van der Waals surface area contributed by atoms with E-state index < -0.39 is 0 Å². The summed E-state index contributed by atoms with van der Waals surface area (Å²) >= 11 is 0. The summed E-state index contributed by atoms with van der Waals surface area (Å²) in [4.78, 5) is 5.25. The number of hydrogen-bond acceptors (Lipinski definition) is 3. The average molecular weight is 594 g/mol. The Balaban J connectivity index is 1.43. The molecule has 0 aliphatic carbocycles. The minimum absolute atomic E-state index is 0.0697. The van der Waals surface area contributed by atoms with E-state index in [1.165, 1.54) is 27.5 Å². The summed E-state index contributed by atoms with van der Waals surface area (Å²) in [6, 6.07) is 30.2. The molecule has 45 heavy (non-hydrogen) atoms. The summed E-state index contributed by atoms with van der Waals surface area (Å²) in [6.07, 6.45) is 9.09. The van der Waals surface area contributed by atoms with Crippen molar-refractivity contribution < 1.29 is 0 Å². The smallest absolute Gasteiger partial charge is 0.0799 e. The van der Waals surface area contributed by atoms with Gasteiger partial charge in [0.1, 0.15) is 0 Å². The van der Waals surface area contributed by atoms with Crippen molar-refractivity contribution >= 4 is 33.5 Å². The number of benzene rings is 4. The Bertz CT molecular complexity index is 1750. The molecule has 5 rings (SSSR count). The zero-order chi connectivity index (χ0) is 32.0. The topological polar surface area (TPSA) is 36.4 Å². The minimum Gasteiger partial charge on any atom is -0.379 e. The number of anilines is 3. The van der Waals surface area contributed by atoms with Gasteiger partial charge in [0.25, 0.3) is 0 Å². The van der Waals surface area contributed by atoms with Crippen LogP contribution in [0.3, 0.4) is 0 Å². The molecule has 2 unspecified atom stereocenters. The minimum atomic E-state index is -0.0697. The lowest BCUT2D eigenvalue weighted by Crippen LogP contribution is -2.29. The fourth-order valence-corrected chi connectivity index (χ4v) is 6.18. The molecule has 4 aromatic carbocycles. The second-order valence-corrected chi connectivity index (χ2v) is 13.0. The highest BCUT2D eigenvalue weighted by molar-refractivity contribution is 6.10. The van der Waals surface area contributed by atoms with Crippen LogP contribution in [-0.4, -0.2) is 18.3 Å². The van der Waals surface area contributed by atoms with Gasteiger partial charge in [-0.25, -0.2) is 0 Å². The molecule has 0 amide bonds. The highest BCUT2D eigenvalue weighted by Gasteiger charge is 2.31. The third-order valence-electron chi connectivity index (χ3n) is 8.72.